The standard InChI is InChI=1S/C19H18N2O4S/c1-12-17(18(21-25-12)15-6-4-3-5-7-15)14-8-10-16(11-9-14)26(23,24)13(2)19(20)22/h3-11,13H,1-2H3,(H2,20,22). The first-order chi connectivity index (χ1) is 12.3. The van der Waals surface area contributed by atoms with E-state index in [4.69, 9.17) is 10.3 Å². The van der Waals surface area contributed by atoms with Gasteiger partial charge in [-0.2, -0.15) is 0 Å². The number of aromatic nitrogens is 1. The molecule has 26 heavy (non-hydrogen) atoms. The maximum Gasteiger partial charge on any atom is 0.235 e. The fraction of sp³-hybridized carbons (Fsp3) is 0.158. The molecular weight excluding hydrogens is 352 g/mol. The van der Waals surface area contributed by atoms with Crippen molar-refractivity contribution in [3.63, 3.8) is 0 Å². The summed E-state index contributed by atoms with van der Waals surface area (Å²) in [6, 6.07) is 15.8. The van der Waals surface area contributed by atoms with Crippen LogP contribution in [0.3, 0.4) is 0 Å². The number of sulfone groups is 1. The van der Waals surface area contributed by atoms with Crippen LogP contribution in [-0.2, 0) is 14.6 Å². The maximum absolute atomic E-state index is 12.4. The highest BCUT2D eigenvalue weighted by molar-refractivity contribution is 7.92. The number of rotatable bonds is 5. The van der Waals surface area contributed by atoms with Crippen molar-refractivity contribution in [1.82, 2.24) is 5.16 Å². The van der Waals surface area contributed by atoms with Gasteiger partial charge in [0.25, 0.3) is 0 Å². The Morgan fingerprint density at radius 2 is 1.65 bits per heavy atom. The Bertz CT molecular complexity index is 1040. The van der Waals surface area contributed by atoms with Gasteiger partial charge in [0, 0.05) is 5.56 Å². The van der Waals surface area contributed by atoms with E-state index in [0.717, 1.165) is 16.7 Å². The predicted octanol–water partition coefficient (Wildman–Crippen LogP) is 2.96. The molecule has 0 aliphatic carbocycles. The minimum Gasteiger partial charge on any atom is -0.369 e. The molecule has 0 aliphatic rings. The minimum atomic E-state index is -3.81. The smallest absolute Gasteiger partial charge is 0.235 e. The Morgan fingerprint density at radius 1 is 1.04 bits per heavy atom. The fourth-order valence-electron chi connectivity index (χ4n) is 2.67. The molecule has 1 heterocycles. The fourth-order valence-corrected chi connectivity index (χ4v) is 3.90. The summed E-state index contributed by atoms with van der Waals surface area (Å²) in [4.78, 5) is 11.3. The van der Waals surface area contributed by atoms with E-state index in [1.165, 1.54) is 19.1 Å². The lowest BCUT2D eigenvalue weighted by Crippen LogP contribution is -2.33. The molecule has 3 aromatic rings. The van der Waals surface area contributed by atoms with Gasteiger partial charge in [-0.3, -0.25) is 4.79 Å². The number of carbonyl (C=O) groups excluding carboxylic acids is 1. The molecule has 0 aliphatic heterocycles. The second-order valence-corrected chi connectivity index (χ2v) is 8.21. The summed E-state index contributed by atoms with van der Waals surface area (Å²) in [5, 5.41) is 2.84. The average Bonchev–Trinajstić information content (AvgIpc) is 3.03. The third-order valence-electron chi connectivity index (χ3n) is 4.25. The van der Waals surface area contributed by atoms with Gasteiger partial charge in [-0.15, -0.1) is 0 Å². The van der Waals surface area contributed by atoms with Crippen LogP contribution in [0.4, 0.5) is 0 Å². The Kier molecular flexibility index (Phi) is 4.65. The van der Waals surface area contributed by atoms with Crippen molar-refractivity contribution in [2.24, 2.45) is 5.73 Å². The van der Waals surface area contributed by atoms with Crippen molar-refractivity contribution in [2.75, 3.05) is 0 Å². The summed E-state index contributed by atoms with van der Waals surface area (Å²) in [7, 11) is -3.81. The normalized spacial score (nSPS) is 12.7. The molecule has 2 N–H and O–H groups in total. The first kappa shape index (κ1) is 17.9. The van der Waals surface area contributed by atoms with E-state index >= 15 is 0 Å². The minimum absolute atomic E-state index is 0.0444. The maximum atomic E-state index is 12.4. The van der Waals surface area contributed by atoms with Gasteiger partial charge in [0.15, 0.2) is 9.84 Å². The van der Waals surface area contributed by atoms with E-state index < -0.39 is 21.0 Å². The number of primary amides is 1. The monoisotopic (exact) mass is 370 g/mol. The number of carbonyl (C=O) groups is 1. The molecule has 3 rings (SSSR count). The molecule has 6 nitrogen and oxygen atoms in total. The van der Waals surface area contributed by atoms with Crippen LogP contribution < -0.4 is 5.73 Å². The van der Waals surface area contributed by atoms with Crippen LogP contribution in [0.1, 0.15) is 12.7 Å². The molecular formula is C19H18N2O4S. The van der Waals surface area contributed by atoms with Crippen LogP contribution in [0.25, 0.3) is 22.4 Å². The van der Waals surface area contributed by atoms with Crippen LogP contribution >= 0.6 is 0 Å². The largest absolute Gasteiger partial charge is 0.369 e. The van der Waals surface area contributed by atoms with Crippen molar-refractivity contribution < 1.29 is 17.7 Å². The zero-order chi connectivity index (χ0) is 18.9. The molecule has 1 atom stereocenters. The summed E-state index contributed by atoms with van der Waals surface area (Å²) in [5.41, 5.74) is 8.28. The van der Waals surface area contributed by atoms with Crippen LogP contribution in [0, 0.1) is 6.92 Å². The zero-order valence-corrected chi connectivity index (χ0v) is 15.2. The van der Waals surface area contributed by atoms with Gasteiger partial charge in [-0.1, -0.05) is 47.6 Å². The molecule has 1 amide bonds. The molecule has 0 spiro atoms. The van der Waals surface area contributed by atoms with E-state index in [9.17, 15) is 13.2 Å². The summed E-state index contributed by atoms with van der Waals surface area (Å²) in [5.74, 6) is -0.250. The molecule has 0 saturated heterocycles. The van der Waals surface area contributed by atoms with Crippen molar-refractivity contribution in [3.05, 3.63) is 60.4 Å². The lowest BCUT2D eigenvalue weighted by atomic mass is 10.00. The SMILES string of the molecule is Cc1onc(-c2ccccc2)c1-c1ccc(S(=O)(=O)C(C)C(N)=O)cc1. The summed E-state index contributed by atoms with van der Waals surface area (Å²) >= 11 is 0. The number of hydrogen-bond donors (Lipinski definition) is 1. The third-order valence-corrected chi connectivity index (χ3v) is 6.34. The predicted molar refractivity (Wildman–Crippen MR) is 98.0 cm³/mol. The number of hydrogen-bond acceptors (Lipinski definition) is 5. The van der Waals surface area contributed by atoms with Gasteiger partial charge in [0.05, 0.1) is 10.5 Å². The molecule has 134 valence electrons. The first-order valence-electron chi connectivity index (χ1n) is 7.97. The highest BCUT2D eigenvalue weighted by atomic mass is 32.2. The van der Waals surface area contributed by atoms with E-state index in [2.05, 4.69) is 5.16 Å². The van der Waals surface area contributed by atoms with E-state index in [1.807, 2.05) is 30.3 Å². The van der Waals surface area contributed by atoms with Gasteiger partial charge in [0.2, 0.25) is 5.91 Å². The van der Waals surface area contributed by atoms with E-state index in [1.54, 1.807) is 19.1 Å². The zero-order valence-electron chi connectivity index (χ0n) is 14.3. The lowest BCUT2D eigenvalue weighted by Gasteiger charge is -2.10. The van der Waals surface area contributed by atoms with Crippen molar-refractivity contribution in [2.45, 2.75) is 24.0 Å². The van der Waals surface area contributed by atoms with Crippen molar-refractivity contribution >= 4 is 15.7 Å². The second kappa shape index (κ2) is 6.76. The Morgan fingerprint density at radius 3 is 2.23 bits per heavy atom. The van der Waals surface area contributed by atoms with Gasteiger partial charge in [-0.05, 0) is 31.5 Å². The molecule has 0 saturated carbocycles. The number of nitrogens with zero attached hydrogens (tertiary/aromatic N) is 1. The number of amides is 1. The summed E-state index contributed by atoms with van der Waals surface area (Å²) < 4.78 is 30.1. The van der Waals surface area contributed by atoms with E-state index in [0.29, 0.717) is 11.5 Å². The number of benzene rings is 2. The van der Waals surface area contributed by atoms with E-state index in [-0.39, 0.29) is 4.90 Å². The molecule has 1 aromatic heterocycles. The summed E-state index contributed by atoms with van der Waals surface area (Å²) in [6.45, 7) is 3.08. The quantitative estimate of drug-likeness (QED) is 0.744. The van der Waals surface area contributed by atoms with Crippen LogP contribution in [0.2, 0.25) is 0 Å². The van der Waals surface area contributed by atoms with Crippen molar-refractivity contribution in [1.29, 1.82) is 0 Å². The summed E-state index contributed by atoms with van der Waals surface area (Å²) in [6.07, 6.45) is 0. The Labute approximate surface area is 151 Å². The van der Waals surface area contributed by atoms with Gasteiger partial charge >= 0.3 is 0 Å². The molecule has 2 aromatic carbocycles. The molecule has 0 radical (unpaired) electrons. The van der Waals surface area contributed by atoms with Crippen molar-refractivity contribution in [3.8, 4) is 22.4 Å². The average molecular weight is 370 g/mol. The molecule has 7 heteroatoms. The van der Waals surface area contributed by atoms with Crippen LogP contribution in [0.15, 0.2) is 64.0 Å². The topological polar surface area (TPSA) is 103 Å². The number of aryl methyl sites for hydroxylation is 1. The number of nitrogens with two attached hydrogens (primary N) is 1. The lowest BCUT2D eigenvalue weighted by molar-refractivity contribution is -0.117. The third kappa shape index (κ3) is 3.13. The highest BCUT2D eigenvalue weighted by Gasteiger charge is 2.28. The second-order valence-electron chi connectivity index (χ2n) is 5.94. The Balaban J connectivity index is 2.04. The molecule has 1 unspecified atom stereocenters. The first-order valence-corrected chi connectivity index (χ1v) is 9.52. The van der Waals surface area contributed by atoms with Gasteiger partial charge in [0.1, 0.15) is 16.7 Å². The highest BCUT2D eigenvalue weighted by Crippen LogP contribution is 2.34. The van der Waals surface area contributed by atoms with Crippen LogP contribution in [0.5, 0.6) is 0 Å². The van der Waals surface area contributed by atoms with Crippen LogP contribution in [-0.4, -0.2) is 24.7 Å². The van der Waals surface area contributed by atoms with Gasteiger partial charge < -0.3 is 10.3 Å². The molecule has 0 fully saturated rings. The van der Waals surface area contributed by atoms with Gasteiger partial charge in [-0.25, -0.2) is 8.42 Å². The molecule has 0 bridgehead atoms. The Hall–Kier alpha value is -2.93.